The molecule has 0 aliphatic rings. The third kappa shape index (κ3) is 7.01. The monoisotopic (exact) mass is 491 g/mol. The summed E-state index contributed by atoms with van der Waals surface area (Å²) in [6, 6.07) is 6.01. The van der Waals surface area contributed by atoms with Crippen LogP contribution in [0.3, 0.4) is 0 Å². The maximum absolute atomic E-state index is 13.9. The van der Waals surface area contributed by atoms with E-state index in [0.29, 0.717) is 5.75 Å². The standard InChI is InChI=1S/C19H25BF5O3Si3/c1-29(2,3)27-31(6,7)28-30(4,5)26-13-10-8-12(9-11-13)20-14-15(21)17(23)19(25)18(24)16(14)22/h8-11H,1-7H3. The van der Waals surface area contributed by atoms with E-state index in [-0.39, 0.29) is 5.46 Å². The molecule has 2 aromatic rings. The molecule has 0 fully saturated rings. The minimum absolute atomic E-state index is 0.243. The van der Waals surface area contributed by atoms with Gasteiger partial charge in [0.05, 0.1) is 0 Å². The summed E-state index contributed by atoms with van der Waals surface area (Å²) in [4.78, 5) is 0. The van der Waals surface area contributed by atoms with Crippen molar-refractivity contribution in [3.8, 4) is 5.75 Å². The first-order valence-corrected chi connectivity index (χ1v) is 18.6. The second-order valence-corrected chi connectivity index (χ2v) is 20.6. The Labute approximate surface area is 183 Å². The topological polar surface area (TPSA) is 27.7 Å². The molecule has 0 heterocycles. The van der Waals surface area contributed by atoms with Crippen molar-refractivity contribution in [2.24, 2.45) is 0 Å². The third-order valence-corrected chi connectivity index (χ3v) is 12.9. The second-order valence-electron chi connectivity index (χ2n) is 8.92. The van der Waals surface area contributed by atoms with E-state index in [9.17, 15) is 22.0 Å². The van der Waals surface area contributed by atoms with Gasteiger partial charge in [0.1, 0.15) is 5.75 Å². The van der Waals surface area contributed by atoms with E-state index in [1.807, 2.05) is 26.2 Å². The Bertz CT molecular complexity index is 921. The van der Waals surface area contributed by atoms with Gasteiger partial charge in [-0.2, -0.15) is 0 Å². The second kappa shape index (κ2) is 9.18. The Kier molecular flexibility index (Phi) is 7.63. The fraction of sp³-hybridized carbons (Fsp3) is 0.368. The van der Waals surface area contributed by atoms with Crippen LogP contribution in [0.25, 0.3) is 0 Å². The van der Waals surface area contributed by atoms with Crippen molar-refractivity contribution in [1.29, 1.82) is 0 Å². The molecule has 0 saturated heterocycles. The lowest BCUT2D eigenvalue weighted by Crippen LogP contribution is -2.54. The molecule has 0 atom stereocenters. The van der Waals surface area contributed by atoms with Crippen LogP contribution < -0.4 is 15.4 Å². The largest absolute Gasteiger partial charge is 0.521 e. The van der Waals surface area contributed by atoms with Crippen LogP contribution in [0.1, 0.15) is 0 Å². The van der Waals surface area contributed by atoms with E-state index in [2.05, 4.69) is 19.6 Å². The first kappa shape index (κ1) is 25.8. The van der Waals surface area contributed by atoms with Crippen molar-refractivity contribution >= 4 is 43.6 Å². The Morgan fingerprint density at radius 2 is 1.06 bits per heavy atom. The summed E-state index contributed by atoms with van der Waals surface area (Å²) in [5, 5.41) is 0. The predicted molar refractivity (Wildman–Crippen MR) is 119 cm³/mol. The number of hydrogen-bond donors (Lipinski definition) is 0. The molecule has 0 aliphatic carbocycles. The van der Waals surface area contributed by atoms with E-state index in [0.717, 1.165) is 7.28 Å². The molecule has 0 aromatic heterocycles. The lowest BCUT2D eigenvalue weighted by molar-refractivity contribution is 0.333. The Morgan fingerprint density at radius 3 is 1.52 bits per heavy atom. The van der Waals surface area contributed by atoms with Gasteiger partial charge in [-0.25, -0.2) is 22.0 Å². The molecule has 0 spiro atoms. The normalized spacial score (nSPS) is 12.8. The van der Waals surface area contributed by atoms with Crippen LogP contribution in [0.5, 0.6) is 5.75 Å². The van der Waals surface area contributed by atoms with Gasteiger partial charge in [-0.15, -0.1) is 0 Å². The highest BCUT2D eigenvalue weighted by Gasteiger charge is 2.40. The van der Waals surface area contributed by atoms with Crippen molar-refractivity contribution in [1.82, 2.24) is 0 Å². The van der Waals surface area contributed by atoms with Gasteiger partial charge in [-0.3, -0.25) is 0 Å². The molecule has 169 valence electrons. The summed E-state index contributed by atoms with van der Waals surface area (Å²) in [6.45, 7) is 13.9. The molecule has 0 N–H and O–H groups in total. The minimum Gasteiger partial charge on any atom is -0.521 e. The van der Waals surface area contributed by atoms with Crippen molar-refractivity contribution < 1.29 is 34.6 Å². The molecular formula is C19H25BF5O3Si3. The van der Waals surface area contributed by atoms with Crippen LogP contribution in [-0.4, -0.2) is 32.7 Å². The Balaban J connectivity index is 2.14. The Morgan fingerprint density at radius 1 is 0.613 bits per heavy atom. The molecule has 0 unspecified atom stereocenters. The maximum Gasteiger partial charge on any atom is 0.383 e. The van der Waals surface area contributed by atoms with Crippen molar-refractivity contribution in [3.63, 3.8) is 0 Å². The quantitative estimate of drug-likeness (QED) is 0.232. The smallest absolute Gasteiger partial charge is 0.383 e. The van der Waals surface area contributed by atoms with Gasteiger partial charge in [0.25, 0.3) is 0 Å². The first-order valence-electron chi connectivity index (χ1n) is 9.57. The van der Waals surface area contributed by atoms with E-state index in [1.54, 1.807) is 12.1 Å². The summed E-state index contributed by atoms with van der Waals surface area (Å²) >= 11 is 0. The highest BCUT2D eigenvalue weighted by atomic mass is 28.5. The third-order valence-electron chi connectivity index (χ3n) is 3.84. The fourth-order valence-corrected chi connectivity index (χ4v) is 15.2. The molecule has 2 aromatic carbocycles. The molecule has 0 amide bonds. The van der Waals surface area contributed by atoms with Gasteiger partial charge < -0.3 is 12.7 Å². The predicted octanol–water partition coefficient (Wildman–Crippen LogP) is 4.69. The molecule has 0 aliphatic heterocycles. The number of rotatable bonds is 8. The average Bonchev–Trinajstić information content (AvgIpc) is 2.60. The molecule has 3 nitrogen and oxygen atoms in total. The van der Waals surface area contributed by atoms with Crippen molar-refractivity contribution in [2.75, 3.05) is 0 Å². The van der Waals surface area contributed by atoms with Crippen molar-refractivity contribution in [3.05, 3.63) is 53.4 Å². The minimum atomic E-state index is -2.62. The molecule has 12 heteroatoms. The van der Waals surface area contributed by atoms with Crippen LogP contribution in [0.4, 0.5) is 22.0 Å². The lowest BCUT2D eigenvalue weighted by atomic mass is 9.63. The van der Waals surface area contributed by atoms with Crippen molar-refractivity contribution in [2.45, 2.75) is 45.8 Å². The number of hydrogen-bond acceptors (Lipinski definition) is 3. The van der Waals surface area contributed by atoms with E-state index < -0.39 is 60.0 Å². The van der Waals surface area contributed by atoms with E-state index in [4.69, 9.17) is 12.7 Å². The number of halogens is 5. The lowest BCUT2D eigenvalue weighted by Gasteiger charge is -2.36. The summed E-state index contributed by atoms with van der Waals surface area (Å²) in [5.74, 6) is -9.46. The molecule has 2 rings (SSSR count). The summed E-state index contributed by atoms with van der Waals surface area (Å²) in [6.07, 6.45) is 0. The van der Waals surface area contributed by atoms with Crippen LogP contribution in [0.15, 0.2) is 24.3 Å². The summed E-state index contributed by atoms with van der Waals surface area (Å²) in [5.41, 5.74) is -0.757. The van der Waals surface area contributed by atoms with Gasteiger partial charge in [0.15, 0.2) is 44.7 Å². The summed E-state index contributed by atoms with van der Waals surface area (Å²) < 4.78 is 86.1. The zero-order valence-corrected chi connectivity index (χ0v) is 21.5. The SMILES string of the molecule is C[Si](C)(C)O[Si](C)(C)O[Si](C)(C)Oc1ccc([B]c2c(F)c(F)c(F)c(F)c2F)cc1. The van der Waals surface area contributed by atoms with Crippen LogP contribution in [-0.2, 0) is 8.23 Å². The van der Waals surface area contributed by atoms with Gasteiger partial charge >= 0.3 is 17.1 Å². The van der Waals surface area contributed by atoms with Crippen LogP contribution in [0, 0.1) is 29.1 Å². The average molecular weight is 491 g/mol. The highest BCUT2D eigenvalue weighted by molar-refractivity contribution is 6.86. The summed E-state index contributed by atoms with van der Waals surface area (Å²) in [7, 11) is -5.94. The zero-order chi connectivity index (χ0) is 23.8. The molecule has 31 heavy (non-hydrogen) atoms. The van der Waals surface area contributed by atoms with Gasteiger partial charge in [0, 0.05) is 0 Å². The van der Waals surface area contributed by atoms with E-state index >= 15 is 0 Å². The molecule has 0 bridgehead atoms. The first-order chi connectivity index (χ1) is 14.0. The molecule has 1 radical (unpaired) electrons. The maximum atomic E-state index is 13.9. The van der Waals surface area contributed by atoms with Gasteiger partial charge in [-0.1, -0.05) is 17.6 Å². The van der Waals surface area contributed by atoms with Gasteiger partial charge in [-0.05, 0) is 63.4 Å². The van der Waals surface area contributed by atoms with Crippen LogP contribution >= 0.6 is 0 Å². The van der Waals surface area contributed by atoms with E-state index in [1.165, 1.54) is 12.1 Å². The number of benzene rings is 2. The van der Waals surface area contributed by atoms with Crippen LogP contribution in [0.2, 0.25) is 45.8 Å². The fourth-order valence-electron chi connectivity index (χ4n) is 3.20. The molecular weight excluding hydrogens is 466 g/mol. The molecule has 0 saturated carbocycles. The highest BCUT2D eigenvalue weighted by Crippen LogP contribution is 2.23. The Hall–Kier alpha value is -1.47. The zero-order valence-electron chi connectivity index (χ0n) is 18.5. The van der Waals surface area contributed by atoms with Gasteiger partial charge in [0.2, 0.25) is 0 Å².